The second-order valence-corrected chi connectivity index (χ2v) is 7.44. The van der Waals surface area contributed by atoms with Crippen LogP contribution in [0.25, 0.3) is 0 Å². The summed E-state index contributed by atoms with van der Waals surface area (Å²) in [5.74, 6) is 6.04. The Morgan fingerprint density at radius 3 is 2.24 bits per heavy atom. The first-order valence-electron chi connectivity index (χ1n) is 9.41. The fourth-order valence-corrected chi connectivity index (χ4v) is 3.75. The number of ether oxygens (including phenoxy) is 1. The third kappa shape index (κ3) is 4.86. The van der Waals surface area contributed by atoms with Crippen molar-refractivity contribution in [1.82, 2.24) is 4.90 Å². The van der Waals surface area contributed by atoms with E-state index in [4.69, 9.17) is 4.74 Å². The van der Waals surface area contributed by atoms with E-state index in [1.807, 2.05) is 30.3 Å². The van der Waals surface area contributed by atoms with Crippen molar-refractivity contribution in [2.24, 2.45) is 0 Å². The van der Waals surface area contributed by atoms with Crippen LogP contribution < -0.4 is 0 Å². The highest BCUT2D eigenvalue weighted by Gasteiger charge is 2.43. The van der Waals surface area contributed by atoms with Crippen LogP contribution in [-0.4, -0.2) is 36.1 Å². The van der Waals surface area contributed by atoms with Gasteiger partial charge in [-0.25, -0.2) is 0 Å². The van der Waals surface area contributed by atoms with E-state index in [1.54, 1.807) is 0 Å². The van der Waals surface area contributed by atoms with Gasteiger partial charge in [0.25, 0.3) is 0 Å². The molecular formula is C22H31NO2. The number of hydrogen-bond donors (Lipinski definition) is 0. The fourth-order valence-electron chi connectivity index (χ4n) is 3.75. The zero-order chi connectivity index (χ0) is 18.3. The van der Waals surface area contributed by atoms with E-state index >= 15 is 0 Å². The second-order valence-electron chi connectivity index (χ2n) is 7.44. The van der Waals surface area contributed by atoms with Crippen molar-refractivity contribution >= 4 is 5.97 Å². The summed E-state index contributed by atoms with van der Waals surface area (Å²) < 4.78 is 5.56. The molecule has 0 spiro atoms. The highest BCUT2D eigenvalue weighted by Crippen LogP contribution is 2.42. The minimum absolute atomic E-state index is 0.116. The minimum Gasteiger partial charge on any atom is -0.452 e. The van der Waals surface area contributed by atoms with Gasteiger partial charge < -0.3 is 4.74 Å². The fraction of sp³-hybridized carbons (Fsp3) is 0.591. The van der Waals surface area contributed by atoms with Gasteiger partial charge in [0, 0.05) is 12.1 Å². The standard InChI is InChI=1S/C22H31NO2/c1-18(2)23(19(3)4)16-10-11-17-25-21(24)22(14-8-9-15-22)20-12-6-5-7-13-20/h5-7,12-13,18-19H,8-9,14-17H2,1-4H3. The SMILES string of the molecule is CC(C)N(CC#CCOC(=O)C1(c2ccccc2)CCCC1)C(C)C. The number of carbonyl (C=O) groups excluding carboxylic acids is 1. The molecule has 1 aromatic carbocycles. The van der Waals surface area contributed by atoms with Crippen molar-refractivity contribution in [3.63, 3.8) is 0 Å². The zero-order valence-electron chi connectivity index (χ0n) is 16.0. The average molecular weight is 341 g/mol. The largest absolute Gasteiger partial charge is 0.452 e. The summed E-state index contributed by atoms with van der Waals surface area (Å²) >= 11 is 0. The highest BCUT2D eigenvalue weighted by molar-refractivity contribution is 5.83. The Morgan fingerprint density at radius 2 is 1.68 bits per heavy atom. The number of esters is 1. The van der Waals surface area contributed by atoms with E-state index in [2.05, 4.69) is 44.4 Å². The smallest absolute Gasteiger partial charge is 0.317 e. The molecule has 0 amide bonds. The van der Waals surface area contributed by atoms with Crippen LogP contribution in [0.2, 0.25) is 0 Å². The van der Waals surface area contributed by atoms with E-state index in [0.717, 1.165) is 31.2 Å². The Bertz CT molecular complexity index is 596. The van der Waals surface area contributed by atoms with Crippen LogP contribution in [0.15, 0.2) is 30.3 Å². The monoisotopic (exact) mass is 341 g/mol. The molecule has 1 aromatic rings. The first kappa shape index (κ1) is 19.5. The van der Waals surface area contributed by atoms with Crippen molar-refractivity contribution in [3.8, 4) is 11.8 Å². The molecule has 0 bridgehead atoms. The summed E-state index contributed by atoms with van der Waals surface area (Å²) in [7, 11) is 0. The lowest BCUT2D eigenvalue weighted by Crippen LogP contribution is -2.37. The molecule has 0 atom stereocenters. The molecule has 0 radical (unpaired) electrons. The summed E-state index contributed by atoms with van der Waals surface area (Å²) in [5, 5.41) is 0. The number of nitrogens with zero attached hydrogens (tertiary/aromatic N) is 1. The van der Waals surface area contributed by atoms with Gasteiger partial charge in [0.05, 0.1) is 12.0 Å². The predicted octanol–water partition coefficient (Wildman–Crippen LogP) is 4.16. The Hall–Kier alpha value is -1.79. The van der Waals surface area contributed by atoms with Crippen molar-refractivity contribution in [2.45, 2.75) is 70.9 Å². The molecule has 0 unspecified atom stereocenters. The molecule has 0 saturated heterocycles. The Kier molecular flexibility index (Phi) is 7.08. The molecule has 0 N–H and O–H groups in total. The lowest BCUT2D eigenvalue weighted by molar-refractivity contribution is -0.149. The summed E-state index contributed by atoms with van der Waals surface area (Å²) in [6.45, 7) is 9.57. The number of hydrogen-bond acceptors (Lipinski definition) is 3. The van der Waals surface area contributed by atoms with Gasteiger partial charge in [-0.15, -0.1) is 0 Å². The molecule has 1 aliphatic rings. The van der Waals surface area contributed by atoms with Crippen LogP contribution in [0.4, 0.5) is 0 Å². The van der Waals surface area contributed by atoms with E-state index in [0.29, 0.717) is 18.6 Å². The third-order valence-electron chi connectivity index (χ3n) is 5.16. The van der Waals surface area contributed by atoms with Gasteiger partial charge >= 0.3 is 5.97 Å². The molecule has 0 aromatic heterocycles. The van der Waals surface area contributed by atoms with Gasteiger partial charge in [0.2, 0.25) is 0 Å². The first-order chi connectivity index (χ1) is 12.0. The Morgan fingerprint density at radius 1 is 1.08 bits per heavy atom. The summed E-state index contributed by atoms with van der Waals surface area (Å²) in [6, 6.07) is 11.0. The molecule has 25 heavy (non-hydrogen) atoms. The predicted molar refractivity (Wildman–Crippen MR) is 102 cm³/mol. The van der Waals surface area contributed by atoms with Crippen LogP contribution in [0, 0.1) is 11.8 Å². The maximum absolute atomic E-state index is 12.8. The zero-order valence-corrected chi connectivity index (χ0v) is 16.0. The maximum Gasteiger partial charge on any atom is 0.317 e. The van der Waals surface area contributed by atoms with Crippen LogP contribution in [0.5, 0.6) is 0 Å². The van der Waals surface area contributed by atoms with Gasteiger partial charge in [-0.2, -0.15) is 0 Å². The topological polar surface area (TPSA) is 29.5 Å². The summed E-state index contributed by atoms with van der Waals surface area (Å²) in [5.41, 5.74) is 0.612. The third-order valence-corrected chi connectivity index (χ3v) is 5.16. The summed E-state index contributed by atoms with van der Waals surface area (Å²) in [4.78, 5) is 15.1. The molecule has 2 rings (SSSR count). The Labute approximate surface area is 152 Å². The van der Waals surface area contributed by atoms with Gasteiger partial charge in [-0.1, -0.05) is 55.0 Å². The van der Waals surface area contributed by atoms with Crippen molar-refractivity contribution < 1.29 is 9.53 Å². The number of rotatable bonds is 6. The van der Waals surface area contributed by atoms with E-state index < -0.39 is 5.41 Å². The molecule has 1 fully saturated rings. The molecule has 0 aliphatic heterocycles. The molecule has 1 aliphatic carbocycles. The normalized spacial score (nSPS) is 16.1. The number of carbonyl (C=O) groups is 1. The highest BCUT2D eigenvalue weighted by atomic mass is 16.5. The van der Waals surface area contributed by atoms with Crippen molar-refractivity contribution in [2.75, 3.05) is 13.2 Å². The van der Waals surface area contributed by atoms with Crippen molar-refractivity contribution in [1.29, 1.82) is 0 Å². The van der Waals surface area contributed by atoms with Gasteiger partial charge in [0.15, 0.2) is 6.61 Å². The maximum atomic E-state index is 12.8. The number of benzene rings is 1. The second kappa shape index (κ2) is 9.06. The van der Waals surface area contributed by atoms with Crippen LogP contribution in [0.1, 0.15) is 58.9 Å². The summed E-state index contributed by atoms with van der Waals surface area (Å²) in [6.07, 6.45) is 3.90. The van der Waals surface area contributed by atoms with E-state index in [1.165, 1.54) is 0 Å². The molecule has 3 heteroatoms. The van der Waals surface area contributed by atoms with Crippen molar-refractivity contribution in [3.05, 3.63) is 35.9 Å². The quantitative estimate of drug-likeness (QED) is 0.575. The lowest BCUT2D eigenvalue weighted by Gasteiger charge is -2.28. The molecule has 136 valence electrons. The van der Waals surface area contributed by atoms with Gasteiger partial charge in [0.1, 0.15) is 0 Å². The van der Waals surface area contributed by atoms with Crippen LogP contribution >= 0.6 is 0 Å². The average Bonchev–Trinajstić information content (AvgIpc) is 3.09. The lowest BCUT2D eigenvalue weighted by atomic mass is 9.79. The van der Waals surface area contributed by atoms with E-state index in [9.17, 15) is 4.79 Å². The first-order valence-corrected chi connectivity index (χ1v) is 9.41. The molecule has 1 saturated carbocycles. The molecular weight excluding hydrogens is 310 g/mol. The minimum atomic E-state index is -0.467. The van der Waals surface area contributed by atoms with Crippen LogP contribution in [0.3, 0.4) is 0 Å². The van der Waals surface area contributed by atoms with Gasteiger partial charge in [-0.3, -0.25) is 9.69 Å². The van der Waals surface area contributed by atoms with E-state index in [-0.39, 0.29) is 12.6 Å². The molecule has 0 heterocycles. The molecule has 3 nitrogen and oxygen atoms in total. The van der Waals surface area contributed by atoms with Crippen LogP contribution in [-0.2, 0) is 14.9 Å². The Balaban J connectivity index is 1.94. The van der Waals surface area contributed by atoms with Gasteiger partial charge in [-0.05, 0) is 46.1 Å².